The first kappa shape index (κ1) is 15.0. The van der Waals surface area contributed by atoms with Crippen molar-refractivity contribution in [2.45, 2.75) is 39.7 Å². The maximum Gasteiger partial charge on any atom is 0.221 e. The van der Waals surface area contributed by atoms with Crippen molar-refractivity contribution >= 4 is 17.5 Å². The number of halogens is 1. The number of hydrogen-bond donors (Lipinski definition) is 1. The Kier molecular flexibility index (Phi) is 4.80. The van der Waals surface area contributed by atoms with Gasteiger partial charge in [0.25, 0.3) is 0 Å². The molecule has 3 heteroatoms. The molecule has 0 radical (unpaired) electrons. The summed E-state index contributed by atoms with van der Waals surface area (Å²) in [5.41, 5.74) is 0.501. The van der Waals surface area contributed by atoms with Crippen LogP contribution in [0.25, 0.3) is 0 Å². The summed E-state index contributed by atoms with van der Waals surface area (Å²) in [7, 11) is 0. The average molecular weight is 268 g/mol. The molecule has 1 N–H and O–H groups in total. The van der Waals surface area contributed by atoms with Gasteiger partial charge in [0.1, 0.15) is 0 Å². The van der Waals surface area contributed by atoms with Crippen molar-refractivity contribution in [2.75, 3.05) is 5.88 Å². The van der Waals surface area contributed by atoms with E-state index < -0.39 is 5.54 Å². The highest BCUT2D eigenvalue weighted by molar-refractivity contribution is 6.18. The third-order valence-corrected chi connectivity index (χ3v) is 3.32. The van der Waals surface area contributed by atoms with Crippen molar-refractivity contribution in [2.24, 2.45) is 5.41 Å². The van der Waals surface area contributed by atoms with Gasteiger partial charge in [0.15, 0.2) is 0 Å². The Labute approximate surface area is 115 Å². The van der Waals surface area contributed by atoms with Crippen molar-refractivity contribution in [1.29, 1.82) is 0 Å². The Hall–Kier alpha value is -1.02. The van der Waals surface area contributed by atoms with Crippen LogP contribution in [0.4, 0.5) is 0 Å². The highest BCUT2D eigenvalue weighted by Crippen LogP contribution is 2.24. The second kappa shape index (κ2) is 5.75. The van der Waals surface area contributed by atoms with Gasteiger partial charge < -0.3 is 5.32 Å². The molecule has 2 nitrogen and oxygen atoms in total. The topological polar surface area (TPSA) is 29.1 Å². The fraction of sp³-hybridized carbons (Fsp3) is 0.533. The minimum Gasteiger partial charge on any atom is -0.346 e. The molecule has 1 amide bonds. The lowest BCUT2D eigenvalue weighted by Crippen LogP contribution is -2.45. The number of alkyl halides is 1. The van der Waals surface area contributed by atoms with Gasteiger partial charge in [0, 0.05) is 12.3 Å². The average Bonchev–Trinajstić information content (AvgIpc) is 2.27. The van der Waals surface area contributed by atoms with Gasteiger partial charge in [-0.15, -0.1) is 11.6 Å². The van der Waals surface area contributed by atoms with Crippen LogP contribution in [0.2, 0.25) is 0 Å². The molecule has 0 heterocycles. The lowest BCUT2D eigenvalue weighted by atomic mass is 9.89. The molecule has 1 aromatic carbocycles. The number of carbonyl (C=O) groups excluding carboxylic acids is 1. The van der Waals surface area contributed by atoms with Crippen LogP contribution >= 0.6 is 11.6 Å². The molecule has 1 rings (SSSR count). The van der Waals surface area contributed by atoms with Gasteiger partial charge in [0.2, 0.25) is 5.91 Å². The summed E-state index contributed by atoms with van der Waals surface area (Å²) < 4.78 is 0. The van der Waals surface area contributed by atoms with Crippen LogP contribution in [-0.4, -0.2) is 11.8 Å². The van der Waals surface area contributed by atoms with Crippen LogP contribution in [0.5, 0.6) is 0 Å². The van der Waals surface area contributed by atoms with Gasteiger partial charge in [-0.3, -0.25) is 4.79 Å². The molecule has 0 saturated heterocycles. The lowest BCUT2D eigenvalue weighted by molar-refractivity contribution is -0.124. The Morgan fingerprint density at radius 1 is 1.17 bits per heavy atom. The smallest absolute Gasteiger partial charge is 0.221 e. The van der Waals surface area contributed by atoms with E-state index in [-0.39, 0.29) is 11.3 Å². The Balaban J connectivity index is 2.81. The molecule has 0 bridgehead atoms. The van der Waals surface area contributed by atoms with Crippen LogP contribution in [0, 0.1) is 5.41 Å². The highest BCUT2D eigenvalue weighted by atomic mass is 35.5. The molecule has 100 valence electrons. The number of benzene rings is 1. The summed E-state index contributed by atoms with van der Waals surface area (Å²) in [6.45, 7) is 8.10. The molecule has 0 aliphatic carbocycles. The van der Waals surface area contributed by atoms with E-state index in [0.717, 1.165) is 5.56 Å². The monoisotopic (exact) mass is 267 g/mol. The SMILES string of the molecule is CC(C)(C)CC(=O)NC(C)(CCl)c1ccccc1. The lowest BCUT2D eigenvalue weighted by Gasteiger charge is -2.30. The quantitative estimate of drug-likeness (QED) is 0.828. The Morgan fingerprint density at radius 2 is 1.72 bits per heavy atom. The van der Waals surface area contributed by atoms with Crippen molar-refractivity contribution in [3.05, 3.63) is 35.9 Å². The summed E-state index contributed by atoms with van der Waals surface area (Å²) >= 11 is 6.04. The molecule has 1 unspecified atom stereocenters. The van der Waals surface area contributed by atoms with Gasteiger partial charge in [-0.1, -0.05) is 51.1 Å². The predicted molar refractivity (Wildman–Crippen MR) is 76.7 cm³/mol. The zero-order chi connectivity index (χ0) is 13.8. The van der Waals surface area contributed by atoms with E-state index in [9.17, 15) is 4.79 Å². The summed E-state index contributed by atoms with van der Waals surface area (Å²) in [5.74, 6) is 0.391. The van der Waals surface area contributed by atoms with E-state index in [2.05, 4.69) is 5.32 Å². The summed E-state index contributed by atoms with van der Waals surface area (Å²) in [4.78, 5) is 12.0. The highest BCUT2D eigenvalue weighted by Gasteiger charge is 2.28. The summed E-state index contributed by atoms with van der Waals surface area (Å²) in [5, 5.41) is 3.05. The first-order chi connectivity index (χ1) is 8.27. The summed E-state index contributed by atoms with van der Waals surface area (Å²) in [6.07, 6.45) is 0.492. The predicted octanol–water partition coefficient (Wildman–Crippen LogP) is 3.69. The zero-order valence-corrected chi connectivity index (χ0v) is 12.3. The summed E-state index contributed by atoms with van der Waals surface area (Å²) in [6, 6.07) is 9.83. The van der Waals surface area contributed by atoms with Crippen LogP contribution in [0.1, 0.15) is 39.7 Å². The Morgan fingerprint density at radius 3 is 2.17 bits per heavy atom. The van der Waals surface area contributed by atoms with E-state index in [0.29, 0.717) is 12.3 Å². The molecule has 0 aliphatic heterocycles. The number of hydrogen-bond acceptors (Lipinski definition) is 1. The molecule has 1 atom stereocenters. The van der Waals surface area contributed by atoms with E-state index in [1.54, 1.807) is 0 Å². The largest absolute Gasteiger partial charge is 0.346 e. The molecule has 0 fully saturated rings. The van der Waals surface area contributed by atoms with Gasteiger partial charge in [0.05, 0.1) is 5.54 Å². The second-order valence-electron chi connectivity index (χ2n) is 6.12. The maximum absolute atomic E-state index is 12.0. The Bertz CT molecular complexity index is 397. The normalized spacial score (nSPS) is 14.9. The number of carbonyl (C=O) groups is 1. The van der Waals surface area contributed by atoms with Crippen molar-refractivity contribution in [3.8, 4) is 0 Å². The van der Waals surface area contributed by atoms with Crippen LogP contribution in [-0.2, 0) is 10.3 Å². The third kappa shape index (κ3) is 4.34. The van der Waals surface area contributed by atoms with Gasteiger partial charge >= 0.3 is 0 Å². The van der Waals surface area contributed by atoms with Gasteiger partial charge in [-0.25, -0.2) is 0 Å². The molecule has 0 spiro atoms. The van der Waals surface area contributed by atoms with Gasteiger partial charge in [-0.2, -0.15) is 0 Å². The van der Waals surface area contributed by atoms with Crippen molar-refractivity contribution in [3.63, 3.8) is 0 Å². The maximum atomic E-state index is 12.0. The van der Waals surface area contributed by atoms with Crippen LogP contribution in [0.3, 0.4) is 0 Å². The van der Waals surface area contributed by atoms with E-state index in [1.165, 1.54) is 0 Å². The van der Waals surface area contributed by atoms with Crippen molar-refractivity contribution in [1.82, 2.24) is 5.32 Å². The van der Waals surface area contributed by atoms with Crippen LogP contribution in [0.15, 0.2) is 30.3 Å². The molecule has 0 saturated carbocycles. The molecular weight excluding hydrogens is 246 g/mol. The minimum atomic E-state index is -0.509. The third-order valence-electron chi connectivity index (χ3n) is 2.78. The van der Waals surface area contributed by atoms with Crippen LogP contribution < -0.4 is 5.32 Å². The van der Waals surface area contributed by atoms with E-state index in [1.807, 2.05) is 58.0 Å². The fourth-order valence-corrected chi connectivity index (χ4v) is 2.04. The van der Waals surface area contributed by atoms with E-state index >= 15 is 0 Å². The molecule has 18 heavy (non-hydrogen) atoms. The first-order valence-electron chi connectivity index (χ1n) is 6.19. The van der Waals surface area contributed by atoms with Gasteiger partial charge in [-0.05, 0) is 17.9 Å². The molecule has 0 aliphatic rings. The standard InChI is InChI=1S/C15H22ClNO/c1-14(2,3)10-13(18)17-15(4,11-16)12-8-6-5-7-9-12/h5-9H,10-11H2,1-4H3,(H,17,18). The van der Waals surface area contributed by atoms with Crippen molar-refractivity contribution < 1.29 is 4.79 Å². The molecular formula is C15H22ClNO. The second-order valence-corrected chi connectivity index (χ2v) is 6.38. The number of rotatable bonds is 4. The number of nitrogens with one attached hydrogen (secondary N) is 1. The minimum absolute atomic E-state index is 0.0198. The first-order valence-corrected chi connectivity index (χ1v) is 6.73. The number of amides is 1. The zero-order valence-electron chi connectivity index (χ0n) is 11.6. The molecule has 0 aromatic heterocycles. The fourth-order valence-electron chi connectivity index (χ4n) is 1.82. The molecule has 1 aromatic rings. The van der Waals surface area contributed by atoms with E-state index in [4.69, 9.17) is 11.6 Å².